The highest BCUT2D eigenvalue weighted by Gasteiger charge is 2.15. The van der Waals surface area contributed by atoms with E-state index in [1.165, 1.54) is 25.1 Å². The lowest BCUT2D eigenvalue weighted by Gasteiger charge is -2.28. The Morgan fingerprint density at radius 3 is 2.00 bits per heavy atom. The Morgan fingerprint density at radius 2 is 1.53 bits per heavy atom. The predicted molar refractivity (Wildman–Crippen MR) is 115 cm³/mol. The fraction of sp³-hybridized carbons (Fsp3) is 0.0909. The van der Waals surface area contributed by atoms with Gasteiger partial charge in [-0.05, 0) is 66.1 Å². The molecule has 8 heteroatoms. The molecule has 0 radical (unpaired) electrons. The Labute approximate surface area is 176 Å². The summed E-state index contributed by atoms with van der Waals surface area (Å²) < 4.78 is 25.0. The van der Waals surface area contributed by atoms with Crippen LogP contribution in [0.15, 0.2) is 66.7 Å². The molecule has 0 saturated heterocycles. The first kappa shape index (κ1) is 21.2. The molecule has 0 aliphatic carbocycles. The molecule has 3 aromatic rings. The van der Waals surface area contributed by atoms with Crippen molar-refractivity contribution in [3.05, 3.63) is 77.9 Å². The average Bonchev–Trinajstić information content (AvgIpc) is 2.70. The number of aryl methyl sites for hydroxylation is 1. The van der Waals surface area contributed by atoms with Crippen molar-refractivity contribution in [2.24, 2.45) is 0 Å². The minimum absolute atomic E-state index is 0.0888. The molecule has 7 nitrogen and oxygen atoms in total. The SMILES string of the molecule is CC(=O)Nc1ccc(-c2ccc(N(c3ccc(C(=O)O)cc3C)S(=O)[O-])cc2)cc1. The molecule has 0 fully saturated rings. The van der Waals surface area contributed by atoms with Crippen LogP contribution in [0.5, 0.6) is 0 Å². The van der Waals surface area contributed by atoms with E-state index in [2.05, 4.69) is 5.32 Å². The molecule has 0 aromatic heterocycles. The van der Waals surface area contributed by atoms with Gasteiger partial charge in [0, 0.05) is 12.6 Å². The van der Waals surface area contributed by atoms with Crippen molar-refractivity contribution in [3.63, 3.8) is 0 Å². The van der Waals surface area contributed by atoms with Gasteiger partial charge in [-0.25, -0.2) is 4.79 Å². The number of aromatic carboxylic acids is 1. The molecule has 30 heavy (non-hydrogen) atoms. The summed E-state index contributed by atoms with van der Waals surface area (Å²) in [5.74, 6) is -1.22. The topological polar surface area (TPSA) is 110 Å². The highest BCUT2D eigenvalue weighted by atomic mass is 32.2. The van der Waals surface area contributed by atoms with Gasteiger partial charge in [0.1, 0.15) is 0 Å². The molecular formula is C22H19N2O5S-. The summed E-state index contributed by atoms with van der Waals surface area (Å²) >= 11 is -2.60. The fourth-order valence-electron chi connectivity index (χ4n) is 3.06. The van der Waals surface area contributed by atoms with E-state index in [-0.39, 0.29) is 11.5 Å². The van der Waals surface area contributed by atoms with Crippen LogP contribution in [0.1, 0.15) is 22.8 Å². The van der Waals surface area contributed by atoms with E-state index in [4.69, 9.17) is 5.11 Å². The number of rotatable bonds is 6. The minimum Gasteiger partial charge on any atom is -0.755 e. The lowest BCUT2D eigenvalue weighted by Crippen LogP contribution is -2.20. The van der Waals surface area contributed by atoms with E-state index in [9.17, 15) is 18.4 Å². The number of benzene rings is 3. The number of hydrogen-bond donors (Lipinski definition) is 2. The summed E-state index contributed by atoms with van der Waals surface area (Å²) in [5, 5.41) is 11.8. The summed E-state index contributed by atoms with van der Waals surface area (Å²) in [6.07, 6.45) is 0. The third-order valence-corrected chi connectivity index (χ3v) is 5.16. The van der Waals surface area contributed by atoms with Gasteiger partial charge in [-0.2, -0.15) is 0 Å². The smallest absolute Gasteiger partial charge is 0.335 e. The Bertz CT molecular complexity index is 1110. The van der Waals surface area contributed by atoms with E-state index in [1.54, 1.807) is 43.3 Å². The van der Waals surface area contributed by atoms with Gasteiger partial charge in [0.2, 0.25) is 5.91 Å². The second-order valence-electron chi connectivity index (χ2n) is 6.62. The number of hydrogen-bond acceptors (Lipinski definition) is 4. The average molecular weight is 423 g/mol. The molecule has 3 aromatic carbocycles. The summed E-state index contributed by atoms with van der Waals surface area (Å²) in [6.45, 7) is 3.10. The van der Waals surface area contributed by atoms with Crippen LogP contribution in [0.3, 0.4) is 0 Å². The molecule has 154 valence electrons. The van der Waals surface area contributed by atoms with Gasteiger partial charge in [-0.15, -0.1) is 0 Å². The number of carboxylic acids is 1. The number of nitrogens with one attached hydrogen (secondary N) is 1. The summed E-state index contributed by atoms with van der Waals surface area (Å²) in [5.41, 5.74) is 3.89. The van der Waals surface area contributed by atoms with Crippen LogP contribution in [0.25, 0.3) is 11.1 Å². The molecule has 1 unspecified atom stereocenters. The first-order valence-electron chi connectivity index (χ1n) is 8.98. The molecular weight excluding hydrogens is 404 g/mol. The lowest BCUT2D eigenvalue weighted by atomic mass is 10.0. The molecule has 3 rings (SSSR count). The molecule has 0 saturated carbocycles. The Hall–Kier alpha value is -3.49. The van der Waals surface area contributed by atoms with Crippen LogP contribution >= 0.6 is 0 Å². The zero-order valence-electron chi connectivity index (χ0n) is 16.3. The van der Waals surface area contributed by atoms with Gasteiger partial charge in [0.15, 0.2) is 0 Å². The maximum atomic E-state index is 11.9. The lowest BCUT2D eigenvalue weighted by molar-refractivity contribution is -0.114. The second-order valence-corrected chi connectivity index (χ2v) is 7.42. The third kappa shape index (κ3) is 4.73. The van der Waals surface area contributed by atoms with Crippen LogP contribution in [0.2, 0.25) is 0 Å². The van der Waals surface area contributed by atoms with Crippen LogP contribution < -0.4 is 9.62 Å². The van der Waals surface area contributed by atoms with Crippen molar-refractivity contribution in [2.75, 3.05) is 9.62 Å². The third-order valence-electron chi connectivity index (χ3n) is 4.45. The van der Waals surface area contributed by atoms with Crippen LogP contribution in [-0.2, 0) is 16.1 Å². The zero-order valence-corrected chi connectivity index (χ0v) is 17.1. The minimum atomic E-state index is -2.60. The molecule has 1 amide bonds. The molecule has 0 aliphatic rings. The van der Waals surface area contributed by atoms with Crippen molar-refractivity contribution in [1.82, 2.24) is 0 Å². The van der Waals surface area contributed by atoms with Gasteiger partial charge in [-0.1, -0.05) is 24.3 Å². The van der Waals surface area contributed by atoms with Crippen LogP contribution in [-0.4, -0.2) is 25.7 Å². The zero-order chi connectivity index (χ0) is 21.8. The maximum absolute atomic E-state index is 11.9. The number of carbonyl (C=O) groups excluding carboxylic acids is 1. The maximum Gasteiger partial charge on any atom is 0.335 e. The quantitative estimate of drug-likeness (QED) is 0.576. The number of anilines is 3. The molecule has 0 aliphatic heterocycles. The Kier molecular flexibility index (Phi) is 6.29. The monoisotopic (exact) mass is 423 g/mol. The van der Waals surface area contributed by atoms with Gasteiger partial charge in [-0.3, -0.25) is 13.3 Å². The first-order chi connectivity index (χ1) is 14.3. The predicted octanol–water partition coefficient (Wildman–Crippen LogP) is 4.25. The number of carbonyl (C=O) groups is 2. The number of amides is 1. The largest absolute Gasteiger partial charge is 0.755 e. The van der Waals surface area contributed by atoms with E-state index in [1.807, 2.05) is 12.1 Å². The number of carboxylic acid groups (broad SMARTS) is 1. The Morgan fingerprint density at radius 1 is 0.967 bits per heavy atom. The highest BCUT2D eigenvalue weighted by Crippen LogP contribution is 2.32. The van der Waals surface area contributed by atoms with Gasteiger partial charge < -0.3 is 15.0 Å². The molecule has 1 atom stereocenters. The summed E-state index contributed by atoms with van der Waals surface area (Å²) in [6, 6.07) is 18.5. The van der Waals surface area contributed by atoms with Crippen LogP contribution in [0.4, 0.5) is 17.1 Å². The van der Waals surface area contributed by atoms with E-state index in [0.717, 1.165) is 15.4 Å². The molecule has 0 heterocycles. The van der Waals surface area contributed by atoms with Crippen molar-refractivity contribution in [2.45, 2.75) is 13.8 Å². The van der Waals surface area contributed by atoms with Crippen LogP contribution in [0, 0.1) is 6.92 Å². The van der Waals surface area contributed by atoms with Crippen molar-refractivity contribution in [1.29, 1.82) is 0 Å². The molecule has 0 bridgehead atoms. The molecule has 0 spiro atoms. The van der Waals surface area contributed by atoms with Gasteiger partial charge >= 0.3 is 5.97 Å². The van der Waals surface area contributed by atoms with Crippen molar-refractivity contribution < 1.29 is 23.5 Å². The summed E-state index contributed by atoms with van der Waals surface area (Å²) in [4.78, 5) is 22.2. The fourth-order valence-corrected chi connectivity index (χ4v) is 3.72. The highest BCUT2D eigenvalue weighted by molar-refractivity contribution is 7.81. The van der Waals surface area contributed by atoms with E-state index in [0.29, 0.717) is 22.6 Å². The normalized spacial score (nSPS) is 11.6. The van der Waals surface area contributed by atoms with E-state index >= 15 is 0 Å². The van der Waals surface area contributed by atoms with Gasteiger partial charge in [0.25, 0.3) is 0 Å². The Balaban J connectivity index is 1.90. The summed E-state index contributed by atoms with van der Waals surface area (Å²) in [7, 11) is 0. The molecule has 2 N–H and O–H groups in total. The second kappa shape index (κ2) is 8.89. The standard InChI is InChI=1S/C22H20N2O5S/c1-14-13-18(22(26)27)7-12-21(14)24(30(28)29)20-10-5-17(6-11-20)16-3-8-19(9-4-16)23-15(2)25/h3-13H,1-2H3,(H,23,25)(H,26,27)(H,28,29)/p-1. The first-order valence-corrected chi connectivity index (χ1v) is 10.0. The van der Waals surface area contributed by atoms with E-state index < -0.39 is 17.2 Å². The van der Waals surface area contributed by atoms with Crippen molar-refractivity contribution >= 4 is 40.2 Å². The van der Waals surface area contributed by atoms with Crippen molar-refractivity contribution in [3.8, 4) is 11.1 Å². The number of nitrogens with zero attached hydrogens (tertiary/aromatic N) is 1. The van der Waals surface area contributed by atoms with Gasteiger partial charge in [0.05, 0.1) is 28.2 Å².